The lowest BCUT2D eigenvalue weighted by molar-refractivity contribution is -0.0192. The normalized spacial score (nSPS) is 24.4. The van der Waals surface area contributed by atoms with Crippen molar-refractivity contribution in [1.82, 2.24) is 4.90 Å². The summed E-state index contributed by atoms with van der Waals surface area (Å²) in [6.45, 7) is 8.39. The van der Waals surface area contributed by atoms with E-state index in [0.717, 1.165) is 32.9 Å². The summed E-state index contributed by atoms with van der Waals surface area (Å²) in [7, 11) is 0. The number of rotatable bonds is 5. The molecule has 1 heterocycles. The van der Waals surface area contributed by atoms with Gasteiger partial charge in [0.15, 0.2) is 0 Å². The number of hydrogen-bond donors (Lipinski definition) is 0. The molecule has 14 heavy (non-hydrogen) atoms. The molecule has 0 aliphatic carbocycles. The summed E-state index contributed by atoms with van der Waals surface area (Å²) >= 11 is 5.85. The molecule has 0 aromatic rings. The fourth-order valence-electron chi connectivity index (χ4n) is 1.53. The van der Waals surface area contributed by atoms with Gasteiger partial charge in [0.05, 0.1) is 25.9 Å². The minimum absolute atomic E-state index is 0.311. The maximum atomic E-state index is 5.85. The summed E-state index contributed by atoms with van der Waals surface area (Å²) in [5.74, 6) is 0.641. The molecule has 1 saturated heterocycles. The van der Waals surface area contributed by atoms with Crippen molar-refractivity contribution in [2.75, 3.05) is 38.8 Å². The maximum Gasteiger partial charge on any atom is 0.0634 e. The second kappa shape index (κ2) is 6.62. The summed E-state index contributed by atoms with van der Waals surface area (Å²) in [6.07, 6.45) is 0.311. The van der Waals surface area contributed by atoms with Crippen molar-refractivity contribution >= 4 is 11.6 Å². The molecular weight excluding hydrogens is 202 g/mol. The second-order valence-electron chi connectivity index (χ2n) is 3.84. The Kier molecular flexibility index (Phi) is 5.78. The first-order chi connectivity index (χ1) is 6.74. The zero-order valence-corrected chi connectivity index (χ0v) is 9.79. The smallest absolute Gasteiger partial charge is 0.0634 e. The number of nitrogens with zero attached hydrogens (tertiary/aromatic N) is 1. The Morgan fingerprint density at radius 2 is 2.36 bits per heavy atom. The minimum atomic E-state index is 0.311. The topological polar surface area (TPSA) is 21.7 Å². The lowest BCUT2D eigenvalue weighted by atomic mass is 10.2. The van der Waals surface area contributed by atoms with Crippen LogP contribution < -0.4 is 0 Å². The first kappa shape index (κ1) is 12.2. The molecule has 4 heteroatoms. The third-order valence-electron chi connectivity index (χ3n) is 2.36. The molecule has 84 valence electrons. The molecule has 0 aromatic carbocycles. The molecule has 3 nitrogen and oxygen atoms in total. The predicted octanol–water partition coefficient (Wildman–Crippen LogP) is 1.35. The standard InChI is InChI=1S/C10H20ClNO2/c1-9(2)14-6-4-12-3-5-13-8-10(12)7-11/h9-10H,3-8H2,1-2H3. The van der Waals surface area contributed by atoms with Crippen LogP contribution in [0, 0.1) is 0 Å². The van der Waals surface area contributed by atoms with E-state index < -0.39 is 0 Å². The number of hydrogen-bond acceptors (Lipinski definition) is 3. The maximum absolute atomic E-state index is 5.85. The van der Waals surface area contributed by atoms with E-state index in [9.17, 15) is 0 Å². The largest absolute Gasteiger partial charge is 0.378 e. The molecule has 1 fully saturated rings. The van der Waals surface area contributed by atoms with E-state index in [4.69, 9.17) is 21.1 Å². The van der Waals surface area contributed by atoms with Gasteiger partial charge >= 0.3 is 0 Å². The molecule has 1 rings (SSSR count). The molecule has 0 spiro atoms. The van der Waals surface area contributed by atoms with Gasteiger partial charge in [-0.2, -0.15) is 0 Å². The monoisotopic (exact) mass is 221 g/mol. The first-order valence-corrected chi connectivity index (χ1v) is 5.77. The molecule has 0 saturated carbocycles. The SMILES string of the molecule is CC(C)OCCN1CCOCC1CCl. The predicted molar refractivity (Wildman–Crippen MR) is 58.0 cm³/mol. The van der Waals surface area contributed by atoms with Crippen molar-refractivity contribution in [2.24, 2.45) is 0 Å². The number of ether oxygens (including phenoxy) is 2. The van der Waals surface area contributed by atoms with E-state index in [1.165, 1.54) is 0 Å². The molecule has 0 amide bonds. The molecule has 1 aliphatic heterocycles. The highest BCUT2D eigenvalue weighted by Gasteiger charge is 2.21. The Bertz CT molecular complexity index is 155. The van der Waals surface area contributed by atoms with Crippen molar-refractivity contribution in [3.8, 4) is 0 Å². The molecule has 1 unspecified atom stereocenters. The summed E-state index contributed by atoms with van der Waals surface area (Å²) in [5, 5.41) is 0. The number of morpholine rings is 1. The van der Waals surface area contributed by atoms with Gasteiger partial charge in [0, 0.05) is 25.0 Å². The van der Waals surface area contributed by atoms with Crippen LogP contribution in [0.15, 0.2) is 0 Å². The van der Waals surface area contributed by atoms with Gasteiger partial charge in [0.1, 0.15) is 0 Å². The van der Waals surface area contributed by atoms with E-state index in [1.54, 1.807) is 0 Å². The highest BCUT2D eigenvalue weighted by Crippen LogP contribution is 2.08. The highest BCUT2D eigenvalue weighted by atomic mass is 35.5. The van der Waals surface area contributed by atoms with Crippen molar-refractivity contribution < 1.29 is 9.47 Å². The summed E-state index contributed by atoms with van der Waals surface area (Å²) in [5.41, 5.74) is 0. The fourth-order valence-corrected chi connectivity index (χ4v) is 1.82. The van der Waals surface area contributed by atoms with E-state index in [2.05, 4.69) is 18.7 Å². The molecule has 1 atom stereocenters. The first-order valence-electron chi connectivity index (χ1n) is 5.23. The van der Waals surface area contributed by atoms with Gasteiger partial charge in [0.25, 0.3) is 0 Å². The second-order valence-corrected chi connectivity index (χ2v) is 4.15. The van der Waals surface area contributed by atoms with Crippen LogP contribution in [0.2, 0.25) is 0 Å². The van der Waals surface area contributed by atoms with E-state index >= 15 is 0 Å². The molecule has 0 radical (unpaired) electrons. The van der Waals surface area contributed by atoms with Crippen LogP contribution in [0.4, 0.5) is 0 Å². The molecule has 1 aliphatic rings. The Balaban J connectivity index is 2.19. The van der Waals surface area contributed by atoms with E-state index in [1.807, 2.05) is 0 Å². The average molecular weight is 222 g/mol. The lowest BCUT2D eigenvalue weighted by Crippen LogP contribution is -2.47. The average Bonchev–Trinajstić information content (AvgIpc) is 2.18. The van der Waals surface area contributed by atoms with Crippen molar-refractivity contribution in [3.63, 3.8) is 0 Å². The molecule has 0 N–H and O–H groups in total. The fraction of sp³-hybridized carbons (Fsp3) is 1.00. The summed E-state index contributed by atoms with van der Waals surface area (Å²) in [4.78, 5) is 2.35. The van der Waals surface area contributed by atoms with Gasteiger partial charge in [-0.15, -0.1) is 11.6 Å². The third kappa shape index (κ3) is 4.13. The van der Waals surface area contributed by atoms with Crippen LogP contribution in [0.3, 0.4) is 0 Å². The quantitative estimate of drug-likeness (QED) is 0.655. The van der Waals surface area contributed by atoms with Crippen LogP contribution >= 0.6 is 11.6 Å². The van der Waals surface area contributed by atoms with Crippen LogP contribution in [-0.4, -0.2) is 55.8 Å². The summed E-state index contributed by atoms with van der Waals surface area (Å²) < 4.78 is 10.9. The highest BCUT2D eigenvalue weighted by molar-refractivity contribution is 6.18. The van der Waals surface area contributed by atoms with Gasteiger partial charge in [-0.25, -0.2) is 0 Å². The van der Waals surface area contributed by atoms with E-state index in [0.29, 0.717) is 18.0 Å². The van der Waals surface area contributed by atoms with Gasteiger partial charge in [0.2, 0.25) is 0 Å². The number of alkyl halides is 1. The summed E-state index contributed by atoms with van der Waals surface area (Å²) in [6, 6.07) is 0.362. The minimum Gasteiger partial charge on any atom is -0.378 e. The van der Waals surface area contributed by atoms with Crippen LogP contribution in [0.5, 0.6) is 0 Å². The molecular formula is C10H20ClNO2. The Morgan fingerprint density at radius 3 is 3.00 bits per heavy atom. The van der Waals surface area contributed by atoms with Gasteiger partial charge < -0.3 is 9.47 Å². The lowest BCUT2D eigenvalue weighted by Gasteiger charge is -2.34. The Morgan fingerprint density at radius 1 is 1.57 bits per heavy atom. The number of halogens is 1. The van der Waals surface area contributed by atoms with Gasteiger partial charge in [-0.1, -0.05) is 0 Å². The Hall–Kier alpha value is 0.170. The van der Waals surface area contributed by atoms with Gasteiger partial charge in [-0.05, 0) is 13.8 Å². The third-order valence-corrected chi connectivity index (χ3v) is 2.71. The molecule has 0 bridgehead atoms. The van der Waals surface area contributed by atoms with E-state index in [-0.39, 0.29) is 0 Å². The van der Waals surface area contributed by atoms with Crippen LogP contribution in [-0.2, 0) is 9.47 Å². The van der Waals surface area contributed by atoms with Crippen LogP contribution in [0.25, 0.3) is 0 Å². The zero-order chi connectivity index (χ0) is 10.4. The van der Waals surface area contributed by atoms with Crippen molar-refractivity contribution in [2.45, 2.75) is 26.0 Å². The van der Waals surface area contributed by atoms with Crippen molar-refractivity contribution in [3.05, 3.63) is 0 Å². The van der Waals surface area contributed by atoms with Crippen molar-refractivity contribution in [1.29, 1.82) is 0 Å². The van der Waals surface area contributed by atoms with Crippen LogP contribution in [0.1, 0.15) is 13.8 Å². The molecule has 0 aromatic heterocycles. The zero-order valence-electron chi connectivity index (χ0n) is 9.04. The van der Waals surface area contributed by atoms with Gasteiger partial charge in [-0.3, -0.25) is 4.90 Å². The Labute approximate surface area is 91.3 Å².